The molecule has 1 aromatic rings. The summed E-state index contributed by atoms with van der Waals surface area (Å²) in [6, 6.07) is 3.35. The Balaban J connectivity index is 2.65. The van der Waals surface area contributed by atoms with Crippen LogP contribution >= 0.6 is 0 Å². The molecule has 8 heteroatoms. The van der Waals surface area contributed by atoms with Crippen LogP contribution in [-0.4, -0.2) is 37.6 Å². The Labute approximate surface area is 113 Å². The van der Waals surface area contributed by atoms with Gasteiger partial charge >= 0.3 is 18.2 Å². The van der Waals surface area contributed by atoms with Gasteiger partial charge < -0.3 is 15.0 Å². The van der Waals surface area contributed by atoms with Crippen LogP contribution in [0.3, 0.4) is 0 Å². The van der Waals surface area contributed by atoms with Crippen LogP contribution in [0.25, 0.3) is 0 Å². The minimum absolute atomic E-state index is 0.194. The van der Waals surface area contributed by atoms with E-state index in [9.17, 15) is 22.8 Å². The van der Waals surface area contributed by atoms with Crippen molar-refractivity contribution in [2.24, 2.45) is 0 Å². The monoisotopic (exact) mass is 290 g/mol. The number of carbonyl (C=O) groups is 2. The first-order valence-electron chi connectivity index (χ1n) is 5.50. The number of likely N-dealkylation sites (N-methyl/N-ethyl adjacent to an activating group) is 1. The number of benzene rings is 1. The summed E-state index contributed by atoms with van der Waals surface area (Å²) < 4.78 is 41.4. The molecular weight excluding hydrogens is 277 g/mol. The molecule has 0 aliphatic rings. The molecule has 1 aromatic carbocycles. The van der Waals surface area contributed by atoms with Gasteiger partial charge in [0.1, 0.15) is 6.54 Å². The number of halogens is 3. The minimum Gasteiger partial charge on any atom is -0.468 e. The average Bonchev–Trinajstić information content (AvgIpc) is 2.38. The quantitative estimate of drug-likeness (QED) is 0.869. The maximum atomic E-state index is 12.3. The van der Waals surface area contributed by atoms with E-state index in [-0.39, 0.29) is 12.2 Å². The zero-order valence-corrected chi connectivity index (χ0v) is 10.8. The van der Waals surface area contributed by atoms with Crippen LogP contribution in [0.5, 0.6) is 0 Å². The van der Waals surface area contributed by atoms with Crippen molar-refractivity contribution in [3.8, 4) is 0 Å². The molecule has 1 N–H and O–H groups in total. The summed E-state index contributed by atoms with van der Waals surface area (Å²) in [6.45, 7) is -0.261. The maximum Gasteiger partial charge on any atom is 0.416 e. The summed E-state index contributed by atoms with van der Waals surface area (Å²) in [5, 5.41) is 2.36. The third-order valence-electron chi connectivity index (χ3n) is 2.40. The van der Waals surface area contributed by atoms with Crippen molar-refractivity contribution >= 4 is 17.7 Å². The lowest BCUT2D eigenvalue weighted by atomic mass is 10.2. The minimum atomic E-state index is -4.43. The van der Waals surface area contributed by atoms with Crippen LogP contribution in [0.2, 0.25) is 0 Å². The van der Waals surface area contributed by atoms with Crippen LogP contribution in [0.1, 0.15) is 5.56 Å². The van der Waals surface area contributed by atoms with Gasteiger partial charge in [0, 0.05) is 12.7 Å². The fraction of sp³-hybridized carbons (Fsp3) is 0.333. The predicted octanol–water partition coefficient (Wildman–Crippen LogP) is 2.34. The van der Waals surface area contributed by atoms with Crippen molar-refractivity contribution in [2.45, 2.75) is 6.18 Å². The van der Waals surface area contributed by atoms with Gasteiger partial charge in [-0.05, 0) is 24.3 Å². The third-order valence-corrected chi connectivity index (χ3v) is 2.40. The van der Waals surface area contributed by atoms with Crippen LogP contribution in [-0.2, 0) is 15.7 Å². The molecule has 0 bridgehead atoms. The number of ether oxygens (including phenoxy) is 1. The first-order chi connectivity index (χ1) is 9.24. The number of nitrogens with zero attached hydrogens (tertiary/aromatic N) is 1. The molecule has 0 aromatic heterocycles. The number of anilines is 1. The van der Waals surface area contributed by atoms with Gasteiger partial charge in [-0.2, -0.15) is 13.2 Å². The van der Waals surface area contributed by atoms with E-state index >= 15 is 0 Å². The Kier molecular flexibility index (Phi) is 4.95. The second kappa shape index (κ2) is 6.27. The molecule has 1 rings (SSSR count). The number of esters is 1. The second-order valence-electron chi connectivity index (χ2n) is 3.94. The molecule has 0 atom stereocenters. The van der Waals surface area contributed by atoms with Crippen LogP contribution in [0.4, 0.5) is 23.7 Å². The molecule has 0 heterocycles. The Bertz CT molecular complexity index is 486. The molecule has 0 unspecified atom stereocenters. The van der Waals surface area contributed by atoms with Crippen LogP contribution < -0.4 is 5.32 Å². The van der Waals surface area contributed by atoms with E-state index in [2.05, 4.69) is 10.1 Å². The van der Waals surface area contributed by atoms with Gasteiger partial charge in [-0.15, -0.1) is 0 Å². The van der Waals surface area contributed by atoms with Gasteiger partial charge in [-0.25, -0.2) is 4.79 Å². The van der Waals surface area contributed by atoms with E-state index in [1.807, 2.05) is 0 Å². The number of methoxy groups -OCH3 is 1. The summed E-state index contributed by atoms with van der Waals surface area (Å²) >= 11 is 0. The second-order valence-corrected chi connectivity index (χ2v) is 3.94. The van der Waals surface area contributed by atoms with Crippen molar-refractivity contribution in [3.63, 3.8) is 0 Å². The molecule has 0 fully saturated rings. The summed E-state index contributed by atoms with van der Waals surface area (Å²) in [5.41, 5.74) is -0.613. The molecule has 110 valence electrons. The van der Waals surface area contributed by atoms with Crippen molar-refractivity contribution in [3.05, 3.63) is 29.8 Å². The van der Waals surface area contributed by atoms with Gasteiger partial charge in [0.25, 0.3) is 0 Å². The Morgan fingerprint density at radius 3 is 2.25 bits per heavy atom. The van der Waals surface area contributed by atoms with Crippen molar-refractivity contribution < 1.29 is 27.5 Å². The number of hydrogen-bond acceptors (Lipinski definition) is 3. The lowest BCUT2D eigenvalue weighted by Crippen LogP contribution is -2.35. The molecule has 0 saturated heterocycles. The third kappa shape index (κ3) is 4.45. The van der Waals surface area contributed by atoms with Crippen molar-refractivity contribution in [2.75, 3.05) is 26.0 Å². The zero-order valence-electron chi connectivity index (χ0n) is 10.8. The fourth-order valence-electron chi connectivity index (χ4n) is 1.29. The summed E-state index contributed by atoms with van der Waals surface area (Å²) in [6.07, 6.45) is -4.43. The highest BCUT2D eigenvalue weighted by Crippen LogP contribution is 2.29. The fourth-order valence-corrected chi connectivity index (χ4v) is 1.29. The lowest BCUT2D eigenvalue weighted by molar-refractivity contribution is -0.141. The van der Waals surface area contributed by atoms with Gasteiger partial charge in [0.05, 0.1) is 12.7 Å². The van der Waals surface area contributed by atoms with E-state index < -0.39 is 23.7 Å². The first kappa shape index (κ1) is 15.8. The molecule has 5 nitrogen and oxygen atoms in total. The molecule has 20 heavy (non-hydrogen) atoms. The number of urea groups is 1. The highest BCUT2D eigenvalue weighted by atomic mass is 19.4. The SMILES string of the molecule is COC(=O)CN(C)C(=O)Nc1ccc(C(F)(F)F)cc1. The summed E-state index contributed by atoms with van der Waals surface area (Å²) in [7, 11) is 2.54. The van der Waals surface area contributed by atoms with Crippen molar-refractivity contribution in [1.29, 1.82) is 0 Å². The Hall–Kier alpha value is -2.25. The van der Waals surface area contributed by atoms with E-state index in [1.165, 1.54) is 14.2 Å². The van der Waals surface area contributed by atoms with Gasteiger partial charge in [-0.3, -0.25) is 4.79 Å². The molecule has 2 amide bonds. The number of carbonyl (C=O) groups excluding carboxylic acids is 2. The standard InChI is InChI=1S/C12H13F3N2O3/c1-17(7-10(18)20-2)11(19)16-9-5-3-8(4-6-9)12(13,14)15/h3-6H,7H2,1-2H3,(H,16,19). The number of hydrogen-bond donors (Lipinski definition) is 1. The van der Waals surface area contributed by atoms with E-state index in [0.29, 0.717) is 0 Å². The van der Waals surface area contributed by atoms with E-state index in [1.54, 1.807) is 0 Å². The summed E-state index contributed by atoms with van der Waals surface area (Å²) in [5.74, 6) is -0.602. The molecule has 0 saturated carbocycles. The first-order valence-corrected chi connectivity index (χ1v) is 5.50. The van der Waals surface area contributed by atoms with Gasteiger partial charge in [-0.1, -0.05) is 0 Å². The Morgan fingerprint density at radius 1 is 1.25 bits per heavy atom. The molecular formula is C12H13F3N2O3. The predicted molar refractivity (Wildman–Crippen MR) is 65.1 cm³/mol. The normalized spacial score (nSPS) is 10.8. The Morgan fingerprint density at radius 2 is 1.80 bits per heavy atom. The number of amides is 2. The smallest absolute Gasteiger partial charge is 0.416 e. The molecule has 0 radical (unpaired) electrons. The van der Waals surface area contributed by atoms with E-state index in [4.69, 9.17) is 0 Å². The number of rotatable bonds is 3. The summed E-state index contributed by atoms with van der Waals surface area (Å²) in [4.78, 5) is 23.6. The molecule has 0 aliphatic heterocycles. The topological polar surface area (TPSA) is 58.6 Å². The lowest BCUT2D eigenvalue weighted by Gasteiger charge is -2.16. The largest absolute Gasteiger partial charge is 0.468 e. The average molecular weight is 290 g/mol. The zero-order chi connectivity index (χ0) is 15.3. The number of alkyl halides is 3. The van der Waals surface area contributed by atoms with Crippen molar-refractivity contribution in [1.82, 2.24) is 4.90 Å². The maximum absolute atomic E-state index is 12.3. The highest BCUT2D eigenvalue weighted by molar-refractivity contribution is 5.91. The van der Waals surface area contributed by atoms with Crippen LogP contribution in [0.15, 0.2) is 24.3 Å². The van der Waals surface area contributed by atoms with Gasteiger partial charge in [0.2, 0.25) is 0 Å². The molecule has 0 aliphatic carbocycles. The van der Waals surface area contributed by atoms with E-state index in [0.717, 1.165) is 29.2 Å². The number of nitrogens with one attached hydrogen (secondary N) is 1. The molecule has 0 spiro atoms. The van der Waals surface area contributed by atoms with Gasteiger partial charge in [0.15, 0.2) is 0 Å². The van der Waals surface area contributed by atoms with Crippen LogP contribution in [0, 0.1) is 0 Å². The highest BCUT2D eigenvalue weighted by Gasteiger charge is 2.30.